The van der Waals surface area contributed by atoms with Crippen LogP contribution in [0.15, 0.2) is 36.5 Å². The van der Waals surface area contributed by atoms with E-state index < -0.39 is 121 Å². The van der Waals surface area contributed by atoms with Gasteiger partial charge in [-0.3, -0.25) is 0 Å². The Hall–Kier alpha value is -2.40. The van der Waals surface area contributed by atoms with Crippen LogP contribution in [0.3, 0.4) is 0 Å². The number of aliphatic hydroxyl groups excluding tert-OH is 6. The van der Waals surface area contributed by atoms with E-state index in [9.17, 15) is 40.2 Å². The van der Waals surface area contributed by atoms with Gasteiger partial charge in [-0.1, -0.05) is 86.1 Å². The third kappa shape index (κ3) is 18.8. The summed E-state index contributed by atoms with van der Waals surface area (Å²) in [6.07, 6.45) is 7.15. The van der Waals surface area contributed by atoms with Crippen molar-refractivity contribution in [1.29, 1.82) is 0 Å². The molecule has 5 aliphatic heterocycles. The molecule has 0 aromatic rings. The van der Waals surface area contributed by atoms with Crippen molar-refractivity contribution in [2.45, 2.75) is 295 Å². The Morgan fingerprint density at radius 3 is 1.45 bits per heavy atom. The fourth-order valence-electron chi connectivity index (χ4n) is 13.7. The first-order chi connectivity index (χ1) is 38.9. The summed E-state index contributed by atoms with van der Waals surface area (Å²) in [5.74, 6) is -5.11. The molecule has 0 spiro atoms. The van der Waals surface area contributed by atoms with E-state index in [1.807, 2.05) is 46.8 Å². The van der Waals surface area contributed by atoms with Crippen LogP contribution in [-0.2, 0) is 57.0 Å². The second-order valence-corrected chi connectivity index (χ2v) is 24.9. The number of ether oxygens (including phenoxy) is 10. The summed E-state index contributed by atoms with van der Waals surface area (Å²) < 4.78 is 63.6. The highest BCUT2D eigenvalue weighted by Crippen LogP contribution is 2.45. The number of hydrogen-bond donors (Lipinski definition) is 6. The van der Waals surface area contributed by atoms with Gasteiger partial charge in [0.1, 0.15) is 24.4 Å². The Labute approximate surface area is 491 Å². The van der Waals surface area contributed by atoms with Crippen LogP contribution in [0.2, 0.25) is 0 Å². The number of aliphatic hydroxyl groups is 6. The third-order valence-electron chi connectivity index (χ3n) is 19.4. The first kappa shape index (κ1) is 70.4. The van der Waals surface area contributed by atoms with E-state index in [1.165, 1.54) is 12.2 Å². The number of carbonyl (C=O) groups is 2. The summed E-state index contributed by atoms with van der Waals surface area (Å²) in [5.41, 5.74) is 0. The maximum absolute atomic E-state index is 14.1. The number of methoxy groups -OCH3 is 2. The lowest BCUT2D eigenvalue weighted by Gasteiger charge is -2.49. The highest BCUT2D eigenvalue weighted by molar-refractivity contribution is 5.82. The van der Waals surface area contributed by atoms with Gasteiger partial charge in [0, 0.05) is 94.5 Å². The van der Waals surface area contributed by atoms with Crippen LogP contribution in [0.1, 0.15) is 186 Å². The topological polar surface area (TPSA) is 248 Å². The highest BCUT2D eigenvalue weighted by atomic mass is 16.7. The Morgan fingerprint density at radius 1 is 0.585 bits per heavy atom. The number of carbonyl (C=O) groups excluding carboxylic acids is 2. The summed E-state index contributed by atoms with van der Waals surface area (Å²) >= 11 is 0. The van der Waals surface area contributed by atoms with Gasteiger partial charge in [0.15, 0.2) is 24.2 Å². The Kier molecular flexibility index (Phi) is 28.4. The molecule has 0 saturated carbocycles. The van der Waals surface area contributed by atoms with E-state index in [1.54, 1.807) is 28.1 Å². The second kappa shape index (κ2) is 33.1. The number of allylic oxidation sites excluding steroid dienone is 3. The summed E-state index contributed by atoms with van der Waals surface area (Å²) in [5, 5.41) is 66.4. The van der Waals surface area contributed by atoms with Crippen molar-refractivity contribution >= 4 is 11.9 Å². The normalized spacial score (nSPS) is 42.9. The van der Waals surface area contributed by atoms with Gasteiger partial charge in [0.2, 0.25) is 0 Å². The van der Waals surface area contributed by atoms with Crippen molar-refractivity contribution in [2.75, 3.05) is 14.2 Å². The van der Waals surface area contributed by atoms with Gasteiger partial charge in [-0.2, -0.15) is 0 Å². The predicted molar refractivity (Wildman–Crippen MR) is 309 cm³/mol. The molecule has 5 rings (SSSR count). The fourth-order valence-corrected chi connectivity index (χ4v) is 13.7. The average molecular weight is 1170 g/mol. The van der Waals surface area contributed by atoms with Crippen LogP contribution in [0.4, 0.5) is 0 Å². The van der Waals surface area contributed by atoms with E-state index in [0.29, 0.717) is 25.7 Å². The summed E-state index contributed by atoms with van der Waals surface area (Å²) in [6.45, 7) is 23.5. The minimum atomic E-state index is -1.26. The van der Waals surface area contributed by atoms with Gasteiger partial charge in [0.05, 0.1) is 61.0 Å². The van der Waals surface area contributed by atoms with Gasteiger partial charge in [-0.25, -0.2) is 9.59 Å². The van der Waals surface area contributed by atoms with Crippen molar-refractivity contribution in [3.8, 4) is 0 Å². The predicted octanol–water partition coefficient (Wildman–Crippen LogP) is 8.77. The van der Waals surface area contributed by atoms with Crippen LogP contribution in [0.25, 0.3) is 0 Å². The summed E-state index contributed by atoms with van der Waals surface area (Å²) in [6, 6.07) is 0. The quantitative estimate of drug-likeness (QED) is 0.0492. The van der Waals surface area contributed by atoms with Gasteiger partial charge in [-0.15, -0.1) is 0 Å². The van der Waals surface area contributed by atoms with Crippen LogP contribution in [0, 0.1) is 47.3 Å². The molecule has 0 bridgehead atoms. The van der Waals surface area contributed by atoms with E-state index in [0.717, 1.165) is 38.5 Å². The molecule has 0 radical (unpaired) electrons. The zero-order valence-corrected chi connectivity index (χ0v) is 52.2. The number of rotatable bonds is 20. The van der Waals surface area contributed by atoms with Gasteiger partial charge >= 0.3 is 11.9 Å². The van der Waals surface area contributed by atoms with E-state index in [4.69, 9.17) is 47.4 Å². The molecule has 5 heterocycles. The monoisotopic (exact) mass is 1170 g/mol. The summed E-state index contributed by atoms with van der Waals surface area (Å²) in [7, 11) is 3.12. The molecule has 4 saturated heterocycles. The molecule has 6 N–H and O–H groups in total. The molecule has 26 unspecified atom stereocenters. The van der Waals surface area contributed by atoms with Gasteiger partial charge in [-0.05, 0) is 103 Å². The molecule has 474 valence electrons. The molecule has 0 aromatic carbocycles. The lowest BCUT2D eigenvalue weighted by molar-refractivity contribution is -0.337. The average Bonchev–Trinajstić information content (AvgIpc) is 3.37. The second-order valence-electron chi connectivity index (χ2n) is 24.9. The zero-order valence-electron chi connectivity index (χ0n) is 52.2. The molecule has 18 heteroatoms. The van der Waals surface area contributed by atoms with Crippen molar-refractivity contribution in [3.63, 3.8) is 0 Å². The van der Waals surface area contributed by atoms with E-state index in [-0.39, 0.29) is 86.2 Å². The molecule has 0 aliphatic carbocycles. The molecule has 0 amide bonds. The van der Waals surface area contributed by atoms with E-state index >= 15 is 0 Å². The molecular formula is C64H110O18. The molecule has 4 fully saturated rings. The largest absolute Gasteiger partial charge is 0.459 e. The lowest BCUT2D eigenvalue weighted by Crippen LogP contribution is -2.56. The molecule has 5 aliphatic rings. The Bertz CT molecular complexity index is 1960. The smallest absolute Gasteiger partial charge is 0.330 e. The first-order valence-corrected chi connectivity index (χ1v) is 31.5. The molecule has 26 atom stereocenters. The highest BCUT2D eigenvalue weighted by Gasteiger charge is 2.52. The molecule has 18 nitrogen and oxygen atoms in total. The number of cyclic esters (lactones) is 2. The maximum atomic E-state index is 14.1. The van der Waals surface area contributed by atoms with Crippen LogP contribution in [0.5, 0.6) is 0 Å². The lowest BCUT2D eigenvalue weighted by atomic mass is 9.79. The van der Waals surface area contributed by atoms with Crippen LogP contribution < -0.4 is 0 Å². The minimum absolute atomic E-state index is 0.0336. The minimum Gasteiger partial charge on any atom is -0.459 e. The molecule has 82 heavy (non-hydrogen) atoms. The van der Waals surface area contributed by atoms with Crippen molar-refractivity contribution in [1.82, 2.24) is 0 Å². The van der Waals surface area contributed by atoms with E-state index in [2.05, 4.69) is 46.8 Å². The Balaban J connectivity index is 1.35. The van der Waals surface area contributed by atoms with Gasteiger partial charge in [0.25, 0.3) is 0 Å². The third-order valence-corrected chi connectivity index (χ3v) is 19.4. The summed E-state index contributed by atoms with van der Waals surface area (Å²) in [4.78, 5) is 28.2. The van der Waals surface area contributed by atoms with Crippen LogP contribution >= 0.6 is 0 Å². The number of esters is 2. The first-order valence-electron chi connectivity index (χ1n) is 31.5. The fraction of sp³-hybridized carbons (Fsp3) is 0.875. The van der Waals surface area contributed by atoms with Crippen molar-refractivity contribution < 1.29 is 87.6 Å². The zero-order chi connectivity index (χ0) is 60.6. The standard InChI is InChI=1S/C64H110O18/c1-15-43-23-21-25-45(17-3)61(37(7)51(67)33-63(73-13)35-53(47(19-5)39(9)81-63)77-57-31-49(65)59(71)41(11)75-57)80-56(70)30-28-44(16-2)24-22-26-46(18-4)62(79-55(69)29-27-43)38(8)52(68)34-64(74-14)36-54(48(20-6)40(10)82-64)78-58-32-50(66)60(72)42(12)76-58/h21,25,27-30,37-54,57-62,65-68,71-72H,15-20,22-24,26,31-36H2,1-14H3/b25-21+,29-27?,30-28+. The van der Waals surface area contributed by atoms with Gasteiger partial charge < -0.3 is 78.0 Å². The van der Waals surface area contributed by atoms with Crippen molar-refractivity contribution in [3.05, 3.63) is 36.5 Å². The maximum Gasteiger partial charge on any atom is 0.330 e. The Morgan fingerprint density at radius 2 is 1.04 bits per heavy atom. The SMILES string of the molecule is CCC1C=CC(=O)OC(C(C)C(O)CC2(OC)CC(OC3CC(O)C(O)C(C)O3)C(CC)C(C)O2)C(CC)CCCC(CC)/C=C/C(=O)OC(C(C)C(O)CC2(OC)CC(OC3CC(O)C(O)C(C)O3)C(CC)C(C)O2)C(CC)/C=C/C1. The number of hydrogen-bond acceptors (Lipinski definition) is 18. The van der Waals surface area contributed by atoms with Crippen LogP contribution in [-0.4, -0.2) is 166 Å². The molecular weight excluding hydrogens is 1060 g/mol. The van der Waals surface area contributed by atoms with Crippen molar-refractivity contribution in [2.24, 2.45) is 47.3 Å². The molecule has 0 aromatic heterocycles.